The number of sulfone groups is 1. The summed E-state index contributed by atoms with van der Waals surface area (Å²) in [4.78, 5) is 0.274. The molecule has 0 amide bonds. The first-order chi connectivity index (χ1) is 9.49. The van der Waals surface area contributed by atoms with Gasteiger partial charge in [-0.05, 0) is 38.1 Å². The maximum Gasteiger partial charge on any atom is 0.175 e. The Morgan fingerprint density at radius 2 is 2.10 bits per heavy atom. The summed E-state index contributed by atoms with van der Waals surface area (Å²) >= 11 is 0. The lowest BCUT2D eigenvalue weighted by atomic mass is 10.2. The average Bonchev–Trinajstić information content (AvgIpc) is 2.84. The van der Waals surface area contributed by atoms with Gasteiger partial charge in [0.25, 0.3) is 0 Å². The van der Waals surface area contributed by atoms with Gasteiger partial charge in [-0.3, -0.25) is 0 Å². The summed E-state index contributed by atoms with van der Waals surface area (Å²) in [6.07, 6.45) is 3.51. The number of ether oxygens (including phenoxy) is 2. The summed E-state index contributed by atoms with van der Waals surface area (Å²) in [5.74, 6) is 0.564. The Balaban J connectivity index is 1.89. The second-order valence-electron chi connectivity index (χ2n) is 5.07. The molecule has 0 aromatic heterocycles. The molecule has 112 valence electrons. The molecular weight excluding hydrogens is 278 g/mol. The molecular formula is C14H21NO4S. The number of hydrogen-bond acceptors (Lipinski definition) is 5. The van der Waals surface area contributed by atoms with Crippen LogP contribution in [0.25, 0.3) is 0 Å². The fourth-order valence-corrected chi connectivity index (χ4v) is 2.92. The number of nitrogens with one attached hydrogen (secondary N) is 1. The molecule has 6 heteroatoms. The molecule has 1 aliphatic heterocycles. The Kier molecular flexibility index (Phi) is 5.01. The summed E-state index contributed by atoms with van der Waals surface area (Å²) in [5, 5.41) is 3.10. The van der Waals surface area contributed by atoms with Gasteiger partial charge < -0.3 is 14.8 Å². The fourth-order valence-electron chi connectivity index (χ4n) is 2.26. The lowest BCUT2D eigenvalue weighted by Crippen LogP contribution is -2.25. The quantitative estimate of drug-likeness (QED) is 0.856. The van der Waals surface area contributed by atoms with Gasteiger partial charge in [0.1, 0.15) is 12.4 Å². The van der Waals surface area contributed by atoms with Crippen molar-refractivity contribution in [3.8, 4) is 5.75 Å². The Bertz CT molecular complexity index is 544. The molecule has 1 heterocycles. The molecule has 1 N–H and O–H groups in total. The third kappa shape index (κ3) is 4.19. The van der Waals surface area contributed by atoms with Gasteiger partial charge >= 0.3 is 0 Å². The molecule has 5 nitrogen and oxygen atoms in total. The van der Waals surface area contributed by atoms with Crippen LogP contribution < -0.4 is 10.1 Å². The highest BCUT2D eigenvalue weighted by atomic mass is 32.2. The third-order valence-electron chi connectivity index (χ3n) is 3.30. The molecule has 1 saturated heterocycles. The standard InChI is InChI=1S/C14H21NO4S/c1-15-9-12-6-7-13(19-12)10-18-11-4-3-5-14(8-11)20(2,16)17/h3-5,8,12-13,15H,6-7,9-10H2,1-2H3. The van der Waals surface area contributed by atoms with Crippen molar-refractivity contribution in [3.05, 3.63) is 24.3 Å². The second kappa shape index (κ2) is 6.56. The van der Waals surface area contributed by atoms with E-state index in [4.69, 9.17) is 9.47 Å². The van der Waals surface area contributed by atoms with E-state index in [2.05, 4.69) is 5.32 Å². The van der Waals surface area contributed by atoms with Crippen LogP contribution in [0.3, 0.4) is 0 Å². The molecule has 2 rings (SSSR count). The molecule has 0 aliphatic carbocycles. The van der Waals surface area contributed by atoms with Crippen LogP contribution in [0, 0.1) is 0 Å². The van der Waals surface area contributed by atoms with Crippen LogP contribution in [0.15, 0.2) is 29.2 Å². The lowest BCUT2D eigenvalue weighted by Gasteiger charge is -2.14. The summed E-state index contributed by atoms with van der Waals surface area (Å²) in [6, 6.07) is 6.56. The lowest BCUT2D eigenvalue weighted by molar-refractivity contribution is 0.0193. The van der Waals surface area contributed by atoms with Crippen LogP contribution in [-0.4, -0.2) is 47.1 Å². The van der Waals surface area contributed by atoms with Gasteiger partial charge in [0.2, 0.25) is 0 Å². The van der Waals surface area contributed by atoms with Crippen LogP contribution in [-0.2, 0) is 14.6 Å². The summed E-state index contributed by atoms with van der Waals surface area (Å²) in [6.45, 7) is 1.30. The molecule has 0 radical (unpaired) electrons. The van der Waals surface area contributed by atoms with Crippen LogP contribution >= 0.6 is 0 Å². The highest BCUT2D eigenvalue weighted by Gasteiger charge is 2.25. The van der Waals surface area contributed by atoms with Crippen molar-refractivity contribution in [1.29, 1.82) is 0 Å². The first-order valence-corrected chi connectivity index (χ1v) is 8.61. The first-order valence-electron chi connectivity index (χ1n) is 6.72. The third-order valence-corrected chi connectivity index (χ3v) is 4.41. The van der Waals surface area contributed by atoms with Gasteiger partial charge in [-0.15, -0.1) is 0 Å². The van der Waals surface area contributed by atoms with Crippen molar-refractivity contribution >= 4 is 9.84 Å². The van der Waals surface area contributed by atoms with E-state index in [-0.39, 0.29) is 17.1 Å². The van der Waals surface area contributed by atoms with E-state index in [1.54, 1.807) is 24.3 Å². The van der Waals surface area contributed by atoms with Crippen LogP contribution in [0.2, 0.25) is 0 Å². The van der Waals surface area contributed by atoms with E-state index in [9.17, 15) is 8.42 Å². The first kappa shape index (κ1) is 15.3. The molecule has 2 unspecified atom stereocenters. The molecule has 1 fully saturated rings. The van der Waals surface area contributed by atoms with E-state index in [1.165, 1.54) is 6.26 Å². The monoisotopic (exact) mass is 299 g/mol. The highest BCUT2D eigenvalue weighted by molar-refractivity contribution is 7.90. The van der Waals surface area contributed by atoms with Gasteiger partial charge in [-0.1, -0.05) is 6.07 Å². The predicted octanol–water partition coefficient (Wildman–Crippen LogP) is 1.24. The number of rotatable bonds is 6. The minimum absolute atomic E-state index is 0.0789. The van der Waals surface area contributed by atoms with Crippen LogP contribution in [0.1, 0.15) is 12.8 Å². The average molecular weight is 299 g/mol. The fraction of sp³-hybridized carbons (Fsp3) is 0.571. The molecule has 0 bridgehead atoms. The molecule has 1 aromatic carbocycles. The Labute approximate surface area is 120 Å². The molecule has 0 spiro atoms. The van der Waals surface area contributed by atoms with Crippen molar-refractivity contribution in [2.45, 2.75) is 29.9 Å². The SMILES string of the molecule is CNCC1CCC(COc2cccc(S(C)(=O)=O)c2)O1. The van der Waals surface area contributed by atoms with Gasteiger partial charge in [0.15, 0.2) is 9.84 Å². The normalized spacial score (nSPS) is 22.9. The Hall–Kier alpha value is -1.11. The Morgan fingerprint density at radius 3 is 2.80 bits per heavy atom. The summed E-state index contributed by atoms with van der Waals surface area (Å²) in [7, 11) is -1.29. The Morgan fingerprint density at radius 1 is 1.35 bits per heavy atom. The predicted molar refractivity (Wildman–Crippen MR) is 76.9 cm³/mol. The minimum Gasteiger partial charge on any atom is -0.491 e. The van der Waals surface area contributed by atoms with E-state index in [1.807, 2.05) is 7.05 Å². The van der Waals surface area contributed by atoms with Crippen LogP contribution in [0.4, 0.5) is 0 Å². The van der Waals surface area contributed by atoms with Gasteiger partial charge in [-0.2, -0.15) is 0 Å². The largest absolute Gasteiger partial charge is 0.491 e. The van der Waals surface area contributed by atoms with Gasteiger partial charge in [0, 0.05) is 12.8 Å². The minimum atomic E-state index is -3.20. The summed E-state index contributed by atoms with van der Waals surface area (Å²) < 4.78 is 34.4. The maximum atomic E-state index is 11.5. The zero-order chi connectivity index (χ0) is 14.6. The zero-order valence-electron chi connectivity index (χ0n) is 11.8. The van der Waals surface area contributed by atoms with Crippen molar-refractivity contribution in [1.82, 2.24) is 5.32 Å². The van der Waals surface area contributed by atoms with Crippen molar-refractivity contribution in [2.24, 2.45) is 0 Å². The second-order valence-corrected chi connectivity index (χ2v) is 7.09. The zero-order valence-corrected chi connectivity index (χ0v) is 12.7. The van der Waals surface area contributed by atoms with Gasteiger partial charge in [0.05, 0.1) is 17.1 Å². The highest BCUT2D eigenvalue weighted by Crippen LogP contribution is 2.22. The van der Waals surface area contributed by atoms with Crippen LogP contribution in [0.5, 0.6) is 5.75 Å². The number of hydrogen-bond donors (Lipinski definition) is 1. The molecule has 20 heavy (non-hydrogen) atoms. The molecule has 0 saturated carbocycles. The van der Waals surface area contributed by atoms with E-state index >= 15 is 0 Å². The number of likely N-dealkylation sites (N-methyl/N-ethyl adjacent to an activating group) is 1. The van der Waals surface area contributed by atoms with Crippen molar-refractivity contribution in [3.63, 3.8) is 0 Å². The maximum absolute atomic E-state index is 11.5. The molecule has 1 aliphatic rings. The molecule has 2 atom stereocenters. The van der Waals surface area contributed by atoms with E-state index in [0.717, 1.165) is 19.4 Å². The topological polar surface area (TPSA) is 64.6 Å². The van der Waals surface area contributed by atoms with E-state index < -0.39 is 9.84 Å². The number of benzene rings is 1. The van der Waals surface area contributed by atoms with Crippen molar-refractivity contribution in [2.75, 3.05) is 26.5 Å². The summed E-state index contributed by atoms with van der Waals surface area (Å²) in [5.41, 5.74) is 0. The van der Waals surface area contributed by atoms with E-state index in [0.29, 0.717) is 12.4 Å². The smallest absolute Gasteiger partial charge is 0.175 e. The molecule has 1 aromatic rings. The van der Waals surface area contributed by atoms with Crippen molar-refractivity contribution < 1.29 is 17.9 Å². The van der Waals surface area contributed by atoms with Gasteiger partial charge in [-0.25, -0.2) is 8.42 Å².